The summed E-state index contributed by atoms with van der Waals surface area (Å²) in [6, 6.07) is 28.0. The molecule has 0 saturated carbocycles. The summed E-state index contributed by atoms with van der Waals surface area (Å²) in [5, 5.41) is 17.0. The summed E-state index contributed by atoms with van der Waals surface area (Å²) in [4.78, 5) is 15.7. The van der Waals surface area contributed by atoms with Crippen molar-refractivity contribution in [1.29, 1.82) is 0 Å². The number of hydrogen-bond donors (Lipinski definition) is 1. The molecule has 9 heteroatoms. The van der Waals surface area contributed by atoms with Crippen LogP contribution in [-0.2, 0) is 13.9 Å². The Hall–Kier alpha value is -3.46. The third-order valence-electron chi connectivity index (χ3n) is 6.91. The third kappa shape index (κ3) is 5.67. The highest BCUT2D eigenvalue weighted by Gasteiger charge is 2.51. The van der Waals surface area contributed by atoms with Gasteiger partial charge in [0.15, 0.2) is 0 Å². The van der Waals surface area contributed by atoms with E-state index in [4.69, 9.17) is 19.4 Å². The first-order chi connectivity index (χ1) is 18.3. The minimum absolute atomic E-state index is 0.0113. The van der Waals surface area contributed by atoms with Crippen LogP contribution in [-0.4, -0.2) is 57.0 Å². The fourth-order valence-electron chi connectivity index (χ4n) is 5.05. The van der Waals surface area contributed by atoms with Crippen molar-refractivity contribution in [3.63, 3.8) is 0 Å². The van der Waals surface area contributed by atoms with Gasteiger partial charge in [-0.1, -0.05) is 105 Å². The SMILES string of the molecule is CC(C)(C)[Si](OCC1OCC(N=[N+]=[N-])[C@H](OC(=O)c2ccccc2)[C@@H]1O)(c1ccccc1)c1ccccc1. The second-order valence-corrected chi connectivity index (χ2v) is 14.7. The number of hydrogen-bond acceptors (Lipinski definition) is 6. The van der Waals surface area contributed by atoms with Crippen LogP contribution >= 0.6 is 0 Å². The van der Waals surface area contributed by atoms with Gasteiger partial charge in [-0.25, -0.2) is 4.79 Å². The Morgan fingerprint density at radius 1 is 1.00 bits per heavy atom. The monoisotopic (exact) mass is 531 g/mol. The Morgan fingerprint density at radius 3 is 2.03 bits per heavy atom. The number of aliphatic hydroxyl groups is 1. The molecule has 3 aromatic carbocycles. The average Bonchev–Trinajstić information content (AvgIpc) is 2.93. The summed E-state index contributed by atoms with van der Waals surface area (Å²) in [5.74, 6) is -0.610. The van der Waals surface area contributed by atoms with Crippen LogP contribution < -0.4 is 10.4 Å². The number of ether oxygens (including phenoxy) is 2. The third-order valence-corrected chi connectivity index (χ3v) is 11.9. The van der Waals surface area contributed by atoms with E-state index in [-0.39, 0.29) is 18.3 Å². The van der Waals surface area contributed by atoms with Crippen molar-refractivity contribution >= 4 is 24.7 Å². The molecular formula is C29H33N3O5Si. The molecule has 4 atom stereocenters. The molecule has 1 N–H and O–H groups in total. The van der Waals surface area contributed by atoms with Gasteiger partial charge in [-0.15, -0.1) is 0 Å². The van der Waals surface area contributed by atoms with Crippen molar-refractivity contribution in [3.8, 4) is 0 Å². The van der Waals surface area contributed by atoms with E-state index in [0.717, 1.165) is 10.4 Å². The van der Waals surface area contributed by atoms with Gasteiger partial charge >= 0.3 is 5.97 Å². The molecule has 38 heavy (non-hydrogen) atoms. The molecule has 1 heterocycles. The molecule has 1 saturated heterocycles. The molecule has 1 aliphatic rings. The maximum absolute atomic E-state index is 12.8. The second-order valence-electron chi connectivity index (χ2n) is 10.3. The second kappa shape index (κ2) is 11.9. The van der Waals surface area contributed by atoms with Gasteiger partial charge in [0.05, 0.1) is 18.8 Å². The number of carbonyl (C=O) groups excluding carboxylic acids is 1. The first-order valence-corrected chi connectivity index (χ1v) is 14.5. The lowest BCUT2D eigenvalue weighted by Crippen LogP contribution is -2.68. The Bertz CT molecular complexity index is 1210. The fourth-order valence-corrected chi connectivity index (χ4v) is 9.62. The smallest absolute Gasteiger partial charge is 0.338 e. The molecule has 0 radical (unpaired) electrons. The van der Waals surface area contributed by atoms with Crippen LogP contribution in [0.2, 0.25) is 5.04 Å². The first-order valence-electron chi connectivity index (χ1n) is 12.6. The maximum Gasteiger partial charge on any atom is 0.338 e. The van der Waals surface area contributed by atoms with E-state index in [9.17, 15) is 9.90 Å². The van der Waals surface area contributed by atoms with E-state index in [0.29, 0.717) is 5.56 Å². The molecule has 0 aliphatic carbocycles. The van der Waals surface area contributed by atoms with Gasteiger partial charge in [0.25, 0.3) is 8.32 Å². The molecule has 0 aromatic heterocycles. The predicted octanol–water partition coefficient (Wildman–Crippen LogP) is 4.23. The standard InChI is InChI=1S/C29H33N3O5Si/c1-29(2,3)38(22-15-9-5-10-16-22,23-17-11-6-12-18-23)36-20-25-26(33)27(24(19-35-25)31-32-30)37-28(34)21-13-7-4-8-14-21/h4-18,24-27,33H,19-20H2,1-3H3/t24?,25?,26-,27+/m1/s1. The van der Waals surface area contributed by atoms with E-state index in [1.165, 1.54) is 0 Å². The lowest BCUT2D eigenvalue weighted by molar-refractivity contribution is -0.156. The van der Waals surface area contributed by atoms with Crippen LogP contribution in [0.1, 0.15) is 31.1 Å². The molecule has 4 rings (SSSR count). The molecule has 1 fully saturated rings. The maximum atomic E-state index is 12.8. The van der Waals surface area contributed by atoms with E-state index in [1.807, 2.05) is 36.4 Å². The minimum Gasteiger partial charge on any atom is -0.455 e. The van der Waals surface area contributed by atoms with Crippen LogP contribution in [0.3, 0.4) is 0 Å². The van der Waals surface area contributed by atoms with E-state index >= 15 is 0 Å². The molecule has 8 nitrogen and oxygen atoms in total. The summed E-state index contributed by atoms with van der Waals surface area (Å²) >= 11 is 0. The zero-order chi connectivity index (χ0) is 27.2. The Morgan fingerprint density at radius 2 is 1.53 bits per heavy atom. The lowest BCUT2D eigenvalue weighted by atomic mass is 9.98. The number of rotatable bonds is 8. The fraction of sp³-hybridized carbons (Fsp3) is 0.345. The zero-order valence-corrected chi connectivity index (χ0v) is 22.8. The van der Waals surface area contributed by atoms with E-state index in [2.05, 4.69) is 55.1 Å². The van der Waals surface area contributed by atoms with E-state index < -0.39 is 38.6 Å². The number of esters is 1. The van der Waals surface area contributed by atoms with Gasteiger partial charge in [0, 0.05) is 4.91 Å². The number of aliphatic hydroxyl groups excluding tert-OH is 1. The average molecular weight is 532 g/mol. The molecular weight excluding hydrogens is 498 g/mol. The predicted molar refractivity (Wildman–Crippen MR) is 148 cm³/mol. The Labute approximate surface area is 223 Å². The molecule has 1 aliphatic heterocycles. The molecule has 3 aromatic rings. The van der Waals surface area contributed by atoms with Crippen molar-refractivity contribution in [2.24, 2.45) is 5.11 Å². The van der Waals surface area contributed by atoms with Crippen LogP contribution in [0.4, 0.5) is 0 Å². The normalized spacial score (nSPS) is 21.8. The summed E-state index contributed by atoms with van der Waals surface area (Å²) in [6.07, 6.45) is -3.14. The van der Waals surface area contributed by atoms with Gasteiger partial charge in [0.1, 0.15) is 24.4 Å². The van der Waals surface area contributed by atoms with E-state index in [1.54, 1.807) is 30.3 Å². The molecule has 0 amide bonds. The topological polar surface area (TPSA) is 114 Å². The highest BCUT2D eigenvalue weighted by Crippen LogP contribution is 2.37. The van der Waals surface area contributed by atoms with Gasteiger partial charge < -0.3 is 19.0 Å². The first kappa shape index (κ1) is 27.6. The van der Waals surface area contributed by atoms with Crippen molar-refractivity contribution in [2.45, 2.75) is 50.2 Å². The molecule has 198 valence electrons. The van der Waals surface area contributed by atoms with Crippen LogP contribution in [0.5, 0.6) is 0 Å². The van der Waals surface area contributed by atoms with Gasteiger partial charge in [0.2, 0.25) is 0 Å². The van der Waals surface area contributed by atoms with Crippen molar-refractivity contribution < 1.29 is 23.8 Å². The van der Waals surface area contributed by atoms with Crippen molar-refractivity contribution in [1.82, 2.24) is 0 Å². The molecule has 0 spiro atoms. The lowest BCUT2D eigenvalue weighted by Gasteiger charge is -2.45. The van der Waals surface area contributed by atoms with Crippen LogP contribution in [0.25, 0.3) is 10.4 Å². The van der Waals surface area contributed by atoms with Crippen LogP contribution in [0.15, 0.2) is 96.1 Å². The summed E-state index contributed by atoms with van der Waals surface area (Å²) in [5.41, 5.74) is 9.39. The zero-order valence-electron chi connectivity index (χ0n) is 21.8. The van der Waals surface area contributed by atoms with Crippen LogP contribution in [0, 0.1) is 0 Å². The summed E-state index contributed by atoms with van der Waals surface area (Å²) in [7, 11) is -2.88. The van der Waals surface area contributed by atoms with Gasteiger partial charge in [-0.05, 0) is 33.1 Å². The largest absolute Gasteiger partial charge is 0.455 e. The number of carbonyl (C=O) groups is 1. The highest BCUT2D eigenvalue weighted by atomic mass is 28.4. The number of azide groups is 1. The quantitative estimate of drug-likeness (QED) is 0.154. The Balaban J connectivity index is 1.63. The molecule has 2 unspecified atom stereocenters. The van der Waals surface area contributed by atoms with Crippen molar-refractivity contribution in [2.75, 3.05) is 13.2 Å². The summed E-state index contributed by atoms with van der Waals surface area (Å²) in [6.45, 7) is 6.55. The summed E-state index contributed by atoms with van der Waals surface area (Å²) < 4.78 is 18.5. The number of benzene rings is 3. The number of nitrogens with zero attached hydrogens (tertiary/aromatic N) is 3. The van der Waals surface area contributed by atoms with Crippen molar-refractivity contribution in [3.05, 3.63) is 107 Å². The molecule has 0 bridgehead atoms. The highest BCUT2D eigenvalue weighted by molar-refractivity contribution is 6.99. The Kier molecular flexibility index (Phi) is 8.66. The van der Waals surface area contributed by atoms with Gasteiger partial charge in [-0.3, -0.25) is 0 Å². The minimum atomic E-state index is -2.88. The van der Waals surface area contributed by atoms with Gasteiger partial charge in [-0.2, -0.15) is 0 Å².